The normalized spacial score (nSPS) is 11.9. The average molecular weight is 345 g/mol. The molecule has 0 heterocycles. The van der Waals surface area contributed by atoms with Crippen molar-refractivity contribution in [3.05, 3.63) is 23.3 Å². The lowest BCUT2D eigenvalue weighted by molar-refractivity contribution is 0.0913. The van der Waals surface area contributed by atoms with Crippen LogP contribution in [0.4, 0.5) is 0 Å². The second-order valence-electron chi connectivity index (χ2n) is 5.71. The van der Waals surface area contributed by atoms with Crippen LogP contribution in [0, 0.1) is 6.92 Å². The standard InChI is InChI=1S/C14H23N3O5S/c1-9-11(21-4)6-10(7-12(9)22-5)13(18)17-14(2,3)8-16-23(15,19)20/h6-7,16H,8H2,1-5H3,(H,17,18)(H2,15,19,20). The van der Waals surface area contributed by atoms with E-state index in [1.807, 2.05) is 6.92 Å². The zero-order valence-corrected chi connectivity index (χ0v) is 14.7. The van der Waals surface area contributed by atoms with E-state index in [0.717, 1.165) is 5.56 Å². The quantitative estimate of drug-likeness (QED) is 0.657. The smallest absolute Gasteiger partial charge is 0.274 e. The first kappa shape index (κ1) is 19.2. The van der Waals surface area contributed by atoms with E-state index < -0.39 is 15.7 Å². The van der Waals surface area contributed by atoms with Gasteiger partial charge in [0.2, 0.25) is 0 Å². The lowest BCUT2D eigenvalue weighted by atomic mass is 10.0. The van der Waals surface area contributed by atoms with Crippen LogP contribution in [0.5, 0.6) is 11.5 Å². The molecule has 0 fully saturated rings. The predicted octanol–water partition coefficient (Wildman–Crippen LogP) is 0.314. The minimum Gasteiger partial charge on any atom is -0.496 e. The molecule has 8 nitrogen and oxygen atoms in total. The number of hydrogen-bond acceptors (Lipinski definition) is 5. The van der Waals surface area contributed by atoms with Gasteiger partial charge in [-0.15, -0.1) is 0 Å². The van der Waals surface area contributed by atoms with Crippen LogP contribution in [-0.2, 0) is 10.2 Å². The summed E-state index contributed by atoms with van der Waals surface area (Å²) in [6.07, 6.45) is 0. The highest BCUT2D eigenvalue weighted by Gasteiger charge is 2.24. The molecule has 4 N–H and O–H groups in total. The van der Waals surface area contributed by atoms with Crippen molar-refractivity contribution in [1.82, 2.24) is 10.0 Å². The second-order valence-corrected chi connectivity index (χ2v) is 7.09. The molecule has 0 radical (unpaired) electrons. The molecule has 0 aromatic heterocycles. The summed E-state index contributed by atoms with van der Waals surface area (Å²) in [4.78, 5) is 12.4. The first-order chi connectivity index (χ1) is 10.5. The van der Waals surface area contributed by atoms with E-state index >= 15 is 0 Å². The molecule has 1 aromatic rings. The Morgan fingerprint density at radius 2 is 1.70 bits per heavy atom. The molecule has 9 heteroatoms. The fourth-order valence-electron chi connectivity index (χ4n) is 1.92. The summed E-state index contributed by atoms with van der Waals surface area (Å²) in [5.41, 5.74) is 0.282. The number of ether oxygens (including phenoxy) is 2. The molecule has 0 atom stereocenters. The van der Waals surface area contributed by atoms with Gasteiger partial charge in [-0.05, 0) is 32.9 Å². The first-order valence-electron chi connectivity index (χ1n) is 6.81. The van der Waals surface area contributed by atoms with Crippen LogP contribution in [-0.4, -0.2) is 40.6 Å². The minimum atomic E-state index is -3.83. The maximum atomic E-state index is 12.4. The molecular formula is C14H23N3O5S. The fraction of sp³-hybridized carbons (Fsp3) is 0.500. The van der Waals surface area contributed by atoms with Gasteiger partial charge in [-0.1, -0.05) is 0 Å². The largest absolute Gasteiger partial charge is 0.496 e. The van der Waals surface area contributed by atoms with Gasteiger partial charge >= 0.3 is 0 Å². The predicted molar refractivity (Wildman–Crippen MR) is 86.9 cm³/mol. The molecule has 1 rings (SSSR count). The molecule has 0 aliphatic rings. The van der Waals surface area contributed by atoms with Crippen LogP contribution < -0.4 is 24.7 Å². The average Bonchev–Trinajstić information content (AvgIpc) is 2.44. The molecule has 0 saturated heterocycles. The van der Waals surface area contributed by atoms with Gasteiger partial charge in [0, 0.05) is 23.2 Å². The van der Waals surface area contributed by atoms with Crippen molar-refractivity contribution in [3.63, 3.8) is 0 Å². The highest BCUT2D eigenvalue weighted by Crippen LogP contribution is 2.29. The summed E-state index contributed by atoms with van der Waals surface area (Å²) >= 11 is 0. The van der Waals surface area contributed by atoms with Gasteiger partial charge in [0.1, 0.15) is 11.5 Å². The van der Waals surface area contributed by atoms with Gasteiger partial charge in [0.05, 0.1) is 14.2 Å². The fourth-order valence-corrected chi connectivity index (χ4v) is 2.48. The van der Waals surface area contributed by atoms with Crippen molar-refractivity contribution in [2.24, 2.45) is 5.14 Å². The van der Waals surface area contributed by atoms with Crippen molar-refractivity contribution < 1.29 is 22.7 Å². The van der Waals surface area contributed by atoms with Crippen LogP contribution in [0.15, 0.2) is 12.1 Å². The van der Waals surface area contributed by atoms with Crippen molar-refractivity contribution in [3.8, 4) is 11.5 Å². The Hall–Kier alpha value is -1.84. The van der Waals surface area contributed by atoms with Crippen LogP contribution in [0.3, 0.4) is 0 Å². The summed E-state index contributed by atoms with van der Waals surface area (Å²) in [5, 5.41) is 7.63. The molecule has 0 bridgehead atoms. The number of methoxy groups -OCH3 is 2. The Labute approximate surface area is 136 Å². The summed E-state index contributed by atoms with van der Waals surface area (Å²) in [5.74, 6) is 0.660. The number of carbonyl (C=O) groups is 1. The molecule has 0 unspecified atom stereocenters. The summed E-state index contributed by atoms with van der Waals surface area (Å²) in [6.45, 7) is 5.12. The molecule has 0 spiro atoms. The number of nitrogens with two attached hydrogens (primary N) is 1. The van der Waals surface area contributed by atoms with Crippen molar-refractivity contribution in [1.29, 1.82) is 0 Å². The molecular weight excluding hydrogens is 322 g/mol. The van der Waals surface area contributed by atoms with E-state index in [1.165, 1.54) is 14.2 Å². The zero-order valence-electron chi connectivity index (χ0n) is 13.9. The van der Waals surface area contributed by atoms with E-state index in [0.29, 0.717) is 17.1 Å². The highest BCUT2D eigenvalue weighted by atomic mass is 32.2. The molecule has 130 valence electrons. The number of hydrogen-bond donors (Lipinski definition) is 3. The number of rotatable bonds is 7. The van der Waals surface area contributed by atoms with Crippen molar-refractivity contribution >= 4 is 16.1 Å². The SMILES string of the molecule is COc1cc(C(=O)NC(C)(C)CNS(N)(=O)=O)cc(OC)c1C. The number of amides is 1. The topological polar surface area (TPSA) is 120 Å². The monoisotopic (exact) mass is 345 g/mol. The minimum absolute atomic E-state index is 0.0439. The van der Waals surface area contributed by atoms with Gasteiger partial charge in [-0.3, -0.25) is 4.79 Å². The Balaban J connectivity index is 2.97. The Morgan fingerprint density at radius 3 is 2.09 bits per heavy atom. The maximum absolute atomic E-state index is 12.4. The summed E-state index contributed by atoms with van der Waals surface area (Å²) < 4.78 is 34.5. The number of carbonyl (C=O) groups excluding carboxylic acids is 1. The zero-order chi connectivity index (χ0) is 17.8. The van der Waals surface area contributed by atoms with E-state index in [1.54, 1.807) is 26.0 Å². The Kier molecular flexibility index (Phi) is 5.98. The van der Waals surface area contributed by atoms with Crippen LogP contribution in [0.25, 0.3) is 0 Å². The van der Waals surface area contributed by atoms with E-state index in [-0.39, 0.29) is 12.5 Å². The van der Waals surface area contributed by atoms with E-state index in [9.17, 15) is 13.2 Å². The third-order valence-corrected chi connectivity index (χ3v) is 3.73. The molecule has 1 aromatic carbocycles. The van der Waals surface area contributed by atoms with Gasteiger partial charge < -0.3 is 14.8 Å². The van der Waals surface area contributed by atoms with E-state index in [4.69, 9.17) is 14.6 Å². The van der Waals surface area contributed by atoms with E-state index in [2.05, 4.69) is 10.0 Å². The van der Waals surface area contributed by atoms with Crippen LogP contribution >= 0.6 is 0 Å². The number of benzene rings is 1. The highest BCUT2D eigenvalue weighted by molar-refractivity contribution is 7.87. The molecule has 0 aliphatic carbocycles. The third-order valence-electron chi connectivity index (χ3n) is 3.18. The third kappa shape index (κ3) is 5.70. The first-order valence-corrected chi connectivity index (χ1v) is 8.36. The lowest BCUT2D eigenvalue weighted by Gasteiger charge is -2.26. The second kappa shape index (κ2) is 7.16. The number of nitrogens with one attached hydrogen (secondary N) is 2. The molecule has 0 aliphatic heterocycles. The van der Waals surface area contributed by atoms with Gasteiger partial charge in [-0.2, -0.15) is 8.42 Å². The lowest BCUT2D eigenvalue weighted by Crippen LogP contribution is -2.52. The molecule has 0 saturated carbocycles. The Bertz CT molecular complexity index is 661. The summed E-state index contributed by atoms with van der Waals surface area (Å²) in [6, 6.07) is 3.19. The van der Waals surface area contributed by atoms with Crippen molar-refractivity contribution in [2.45, 2.75) is 26.3 Å². The maximum Gasteiger partial charge on any atom is 0.274 e. The molecule has 1 amide bonds. The van der Waals surface area contributed by atoms with Crippen molar-refractivity contribution in [2.75, 3.05) is 20.8 Å². The molecule has 23 heavy (non-hydrogen) atoms. The van der Waals surface area contributed by atoms with Gasteiger partial charge in [0.15, 0.2) is 0 Å². The van der Waals surface area contributed by atoms with Crippen LogP contribution in [0.1, 0.15) is 29.8 Å². The Morgan fingerprint density at radius 1 is 1.22 bits per heavy atom. The van der Waals surface area contributed by atoms with Crippen LogP contribution in [0.2, 0.25) is 0 Å². The van der Waals surface area contributed by atoms with Gasteiger partial charge in [0.25, 0.3) is 16.1 Å². The summed E-state index contributed by atoms with van der Waals surface area (Å²) in [7, 11) is -0.819. The van der Waals surface area contributed by atoms with Gasteiger partial charge in [-0.25, -0.2) is 9.86 Å².